The molecule has 0 aromatic carbocycles. The van der Waals surface area contributed by atoms with E-state index in [1.54, 1.807) is 11.3 Å². The summed E-state index contributed by atoms with van der Waals surface area (Å²) in [6.07, 6.45) is 0.835. The van der Waals surface area contributed by atoms with Crippen LogP contribution in [0.3, 0.4) is 0 Å². The van der Waals surface area contributed by atoms with Crippen molar-refractivity contribution in [3.05, 3.63) is 15.6 Å². The second kappa shape index (κ2) is 6.33. The average molecular weight is 242 g/mol. The summed E-state index contributed by atoms with van der Waals surface area (Å²) in [5.41, 5.74) is 1.14. The molecule has 1 aromatic heterocycles. The molecule has 0 fully saturated rings. The minimum Gasteiger partial charge on any atom is -0.396 e. The highest BCUT2D eigenvalue weighted by Gasteiger charge is 2.12. The Morgan fingerprint density at radius 2 is 2.06 bits per heavy atom. The minimum atomic E-state index is 0.263. The van der Waals surface area contributed by atoms with Crippen LogP contribution in [0.4, 0.5) is 0 Å². The first kappa shape index (κ1) is 13.6. The van der Waals surface area contributed by atoms with E-state index in [1.165, 1.54) is 9.88 Å². The average Bonchev–Trinajstić information content (AvgIpc) is 2.52. The maximum atomic E-state index is 8.87. The molecule has 0 unspecified atom stereocenters. The zero-order valence-corrected chi connectivity index (χ0v) is 11.5. The van der Waals surface area contributed by atoms with Crippen LogP contribution >= 0.6 is 11.3 Å². The molecule has 0 saturated carbocycles. The van der Waals surface area contributed by atoms with Crippen LogP contribution in [-0.2, 0) is 6.54 Å². The van der Waals surface area contributed by atoms with Gasteiger partial charge in [0.2, 0.25) is 0 Å². The molecule has 0 aliphatic carbocycles. The Morgan fingerprint density at radius 3 is 2.50 bits per heavy atom. The monoisotopic (exact) mass is 242 g/mol. The second-order valence-electron chi connectivity index (χ2n) is 4.39. The van der Waals surface area contributed by atoms with Crippen molar-refractivity contribution in [2.24, 2.45) is 0 Å². The fraction of sp³-hybridized carbons (Fsp3) is 0.750. The Hall–Kier alpha value is -0.450. The van der Waals surface area contributed by atoms with Gasteiger partial charge in [0.1, 0.15) is 5.01 Å². The lowest BCUT2D eigenvalue weighted by Gasteiger charge is -2.24. The summed E-state index contributed by atoms with van der Waals surface area (Å²) in [6, 6.07) is 0.496. The van der Waals surface area contributed by atoms with Gasteiger partial charge in [-0.25, -0.2) is 4.98 Å². The topological polar surface area (TPSA) is 36.4 Å². The van der Waals surface area contributed by atoms with E-state index in [2.05, 4.69) is 37.6 Å². The fourth-order valence-corrected chi connectivity index (χ4v) is 2.53. The van der Waals surface area contributed by atoms with Gasteiger partial charge in [0.05, 0.1) is 12.2 Å². The van der Waals surface area contributed by atoms with E-state index < -0.39 is 0 Å². The lowest BCUT2D eigenvalue weighted by atomic mass is 10.3. The van der Waals surface area contributed by atoms with Crippen LogP contribution in [0, 0.1) is 13.8 Å². The number of aliphatic hydroxyl groups is 1. The van der Waals surface area contributed by atoms with Crippen LogP contribution in [0.2, 0.25) is 0 Å². The zero-order chi connectivity index (χ0) is 12.1. The highest BCUT2D eigenvalue weighted by Crippen LogP contribution is 2.19. The molecule has 0 saturated heterocycles. The van der Waals surface area contributed by atoms with Crippen LogP contribution in [0.1, 0.15) is 35.8 Å². The molecule has 1 heterocycles. The second-order valence-corrected chi connectivity index (χ2v) is 5.68. The third kappa shape index (κ3) is 3.85. The fourth-order valence-electron chi connectivity index (χ4n) is 1.57. The third-order valence-electron chi connectivity index (χ3n) is 2.74. The summed E-state index contributed by atoms with van der Waals surface area (Å²) in [6.45, 7) is 10.6. The van der Waals surface area contributed by atoms with E-state index in [1.807, 2.05) is 0 Å². The molecule has 16 heavy (non-hydrogen) atoms. The van der Waals surface area contributed by atoms with Crippen molar-refractivity contribution in [3.8, 4) is 0 Å². The summed E-state index contributed by atoms with van der Waals surface area (Å²) >= 11 is 1.78. The van der Waals surface area contributed by atoms with Crippen molar-refractivity contribution >= 4 is 11.3 Å². The molecule has 4 heteroatoms. The number of rotatable bonds is 6. The standard InChI is InChI=1S/C12H22N2OS/c1-9(2)14(6-5-7-15)8-12-13-10(3)11(4)16-12/h9,15H,5-8H2,1-4H3. The van der Waals surface area contributed by atoms with Gasteiger partial charge < -0.3 is 5.11 Å². The minimum absolute atomic E-state index is 0.263. The summed E-state index contributed by atoms with van der Waals surface area (Å²) in [7, 11) is 0. The number of thiazole rings is 1. The van der Waals surface area contributed by atoms with Crippen LogP contribution in [0.25, 0.3) is 0 Å². The van der Waals surface area contributed by atoms with Gasteiger partial charge >= 0.3 is 0 Å². The first-order valence-corrected chi connectivity index (χ1v) is 6.64. The summed E-state index contributed by atoms with van der Waals surface area (Å²) < 4.78 is 0. The molecule has 0 bridgehead atoms. The molecular weight excluding hydrogens is 220 g/mol. The van der Waals surface area contributed by atoms with Crippen molar-refractivity contribution in [3.63, 3.8) is 0 Å². The Balaban J connectivity index is 2.60. The third-order valence-corrected chi connectivity index (χ3v) is 3.80. The van der Waals surface area contributed by atoms with Crippen molar-refractivity contribution in [1.29, 1.82) is 0 Å². The molecule has 0 spiro atoms. The predicted molar refractivity (Wildman–Crippen MR) is 68.8 cm³/mol. The SMILES string of the molecule is Cc1nc(CN(CCCO)C(C)C)sc1C. The van der Waals surface area contributed by atoms with E-state index >= 15 is 0 Å². The van der Waals surface area contributed by atoms with Gasteiger partial charge in [0.15, 0.2) is 0 Å². The number of aliphatic hydroxyl groups excluding tert-OH is 1. The van der Waals surface area contributed by atoms with Gasteiger partial charge in [-0.2, -0.15) is 0 Å². The summed E-state index contributed by atoms with van der Waals surface area (Å²) in [4.78, 5) is 8.22. The Morgan fingerprint density at radius 1 is 1.38 bits per heavy atom. The normalized spacial score (nSPS) is 11.7. The molecule has 1 aromatic rings. The maximum absolute atomic E-state index is 8.87. The molecule has 0 atom stereocenters. The van der Waals surface area contributed by atoms with Crippen LogP contribution in [0.5, 0.6) is 0 Å². The van der Waals surface area contributed by atoms with Crippen LogP contribution in [-0.4, -0.2) is 34.2 Å². The van der Waals surface area contributed by atoms with Crippen molar-refractivity contribution in [1.82, 2.24) is 9.88 Å². The zero-order valence-electron chi connectivity index (χ0n) is 10.7. The number of aromatic nitrogens is 1. The number of nitrogens with zero attached hydrogens (tertiary/aromatic N) is 2. The number of aryl methyl sites for hydroxylation is 2. The molecule has 0 aliphatic rings. The Kier molecular flexibility index (Phi) is 5.38. The van der Waals surface area contributed by atoms with Gasteiger partial charge in [0.25, 0.3) is 0 Å². The lowest BCUT2D eigenvalue weighted by molar-refractivity contribution is 0.184. The van der Waals surface area contributed by atoms with Gasteiger partial charge in [-0.05, 0) is 34.1 Å². The first-order chi connectivity index (χ1) is 7.54. The van der Waals surface area contributed by atoms with Crippen molar-refractivity contribution < 1.29 is 5.11 Å². The van der Waals surface area contributed by atoms with Gasteiger partial charge in [0, 0.05) is 24.1 Å². The molecule has 0 radical (unpaired) electrons. The molecule has 1 rings (SSSR count). The summed E-state index contributed by atoms with van der Waals surface area (Å²) in [5.74, 6) is 0. The first-order valence-electron chi connectivity index (χ1n) is 5.82. The van der Waals surface area contributed by atoms with Crippen LogP contribution in [0.15, 0.2) is 0 Å². The van der Waals surface area contributed by atoms with E-state index in [4.69, 9.17) is 5.11 Å². The molecule has 3 nitrogen and oxygen atoms in total. The highest BCUT2D eigenvalue weighted by atomic mass is 32.1. The molecule has 0 amide bonds. The largest absolute Gasteiger partial charge is 0.396 e. The van der Waals surface area contributed by atoms with Crippen LogP contribution < -0.4 is 0 Å². The van der Waals surface area contributed by atoms with E-state index in [0.717, 1.165) is 25.2 Å². The van der Waals surface area contributed by atoms with Gasteiger partial charge in [-0.1, -0.05) is 0 Å². The predicted octanol–water partition coefficient (Wildman–Crippen LogP) is 2.35. The van der Waals surface area contributed by atoms with E-state index in [9.17, 15) is 0 Å². The Labute approximate surface area is 102 Å². The van der Waals surface area contributed by atoms with Crippen molar-refractivity contribution in [2.75, 3.05) is 13.2 Å². The van der Waals surface area contributed by atoms with Gasteiger partial charge in [-0.15, -0.1) is 11.3 Å². The summed E-state index contributed by atoms with van der Waals surface area (Å²) in [5, 5.41) is 10.1. The lowest BCUT2D eigenvalue weighted by Crippen LogP contribution is -2.31. The van der Waals surface area contributed by atoms with Gasteiger partial charge in [-0.3, -0.25) is 4.90 Å². The smallest absolute Gasteiger partial charge is 0.107 e. The molecule has 92 valence electrons. The number of hydrogen-bond acceptors (Lipinski definition) is 4. The quantitative estimate of drug-likeness (QED) is 0.832. The Bertz CT molecular complexity index is 303. The molecule has 0 aliphatic heterocycles. The van der Waals surface area contributed by atoms with E-state index in [0.29, 0.717) is 6.04 Å². The van der Waals surface area contributed by atoms with E-state index in [-0.39, 0.29) is 6.61 Å². The van der Waals surface area contributed by atoms with Crippen molar-refractivity contribution in [2.45, 2.75) is 46.7 Å². The number of hydrogen-bond donors (Lipinski definition) is 1. The molecular formula is C12H22N2OS. The maximum Gasteiger partial charge on any atom is 0.107 e. The molecule has 1 N–H and O–H groups in total. The highest BCUT2D eigenvalue weighted by molar-refractivity contribution is 7.11.